The zero-order valence-electron chi connectivity index (χ0n) is 21.6. The number of methoxy groups -OCH3 is 2. The summed E-state index contributed by atoms with van der Waals surface area (Å²) in [6, 6.07) is 24.9. The van der Waals surface area contributed by atoms with Crippen molar-refractivity contribution in [2.45, 2.75) is 13.0 Å². The molecule has 1 fully saturated rings. The number of nitrogens with zero attached hydrogens (tertiary/aromatic N) is 2. The number of phenolic OH excluding ortho intramolecular Hbond substituents is 1. The predicted octanol–water partition coefficient (Wildman–Crippen LogP) is 5.87. The van der Waals surface area contributed by atoms with E-state index in [1.54, 1.807) is 43.5 Å². The lowest BCUT2D eigenvalue weighted by molar-refractivity contribution is -0.129. The minimum absolute atomic E-state index is 0.0744. The highest BCUT2D eigenvalue weighted by Gasteiger charge is 2.43. The average Bonchev–Trinajstić information content (AvgIpc) is 2.95. The molecule has 196 valence electrons. The number of aromatic hydroxyl groups is 1. The Labute approximate surface area is 231 Å². The SMILES string of the molecule is COc1ccc(N2C(=O)/C(=C\c3ccc(OC)c(O)c3)C(=O)N(C(C)c3cccc4ccccc34)C2=S)cc1. The van der Waals surface area contributed by atoms with E-state index in [4.69, 9.17) is 21.7 Å². The first-order chi connectivity index (χ1) is 18.8. The van der Waals surface area contributed by atoms with Gasteiger partial charge in [-0.3, -0.25) is 19.4 Å². The van der Waals surface area contributed by atoms with E-state index >= 15 is 0 Å². The van der Waals surface area contributed by atoms with Gasteiger partial charge in [-0.2, -0.15) is 0 Å². The smallest absolute Gasteiger partial charge is 0.270 e. The molecule has 1 aliphatic heterocycles. The van der Waals surface area contributed by atoms with Crippen LogP contribution in [-0.2, 0) is 9.59 Å². The van der Waals surface area contributed by atoms with Gasteiger partial charge in [-0.25, -0.2) is 0 Å². The van der Waals surface area contributed by atoms with Crippen LogP contribution in [0.1, 0.15) is 24.1 Å². The normalized spacial score (nSPS) is 15.7. The molecule has 0 aromatic heterocycles. The molecular formula is C31H26N2O5S. The molecule has 7 nitrogen and oxygen atoms in total. The van der Waals surface area contributed by atoms with Crippen molar-refractivity contribution in [1.82, 2.24) is 4.90 Å². The monoisotopic (exact) mass is 538 g/mol. The maximum atomic E-state index is 14.0. The molecule has 5 rings (SSSR count). The molecule has 0 bridgehead atoms. The van der Waals surface area contributed by atoms with Gasteiger partial charge >= 0.3 is 0 Å². The fraction of sp³-hybridized carbons (Fsp3) is 0.129. The largest absolute Gasteiger partial charge is 0.504 e. The van der Waals surface area contributed by atoms with Crippen molar-refractivity contribution in [3.63, 3.8) is 0 Å². The Morgan fingerprint density at radius 1 is 0.872 bits per heavy atom. The zero-order chi connectivity index (χ0) is 27.7. The van der Waals surface area contributed by atoms with Gasteiger partial charge in [0.05, 0.1) is 25.9 Å². The molecule has 4 aromatic rings. The summed E-state index contributed by atoms with van der Waals surface area (Å²) in [6.07, 6.45) is 1.46. The van der Waals surface area contributed by atoms with Crippen molar-refractivity contribution in [3.8, 4) is 17.2 Å². The summed E-state index contributed by atoms with van der Waals surface area (Å²) in [5.74, 6) is -0.287. The minimum Gasteiger partial charge on any atom is -0.504 e. The van der Waals surface area contributed by atoms with Crippen LogP contribution in [0.4, 0.5) is 5.69 Å². The molecule has 0 aliphatic carbocycles. The molecule has 1 heterocycles. The summed E-state index contributed by atoms with van der Waals surface area (Å²) < 4.78 is 10.4. The maximum Gasteiger partial charge on any atom is 0.270 e. The first-order valence-corrected chi connectivity index (χ1v) is 12.7. The van der Waals surface area contributed by atoms with Gasteiger partial charge in [-0.15, -0.1) is 0 Å². The summed E-state index contributed by atoms with van der Waals surface area (Å²) >= 11 is 5.81. The molecule has 1 unspecified atom stereocenters. The second-order valence-electron chi connectivity index (χ2n) is 9.03. The van der Waals surface area contributed by atoms with Crippen LogP contribution < -0.4 is 14.4 Å². The average molecular weight is 539 g/mol. The number of benzene rings is 4. The fourth-order valence-corrected chi connectivity index (χ4v) is 5.19. The van der Waals surface area contributed by atoms with Gasteiger partial charge < -0.3 is 14.6 Å². The van der Waals surface area contributed by atoms with Gasteiger partial charge in [0, 0.05) is 0 Å². The van der Waals surface area contributed by atoms with E-state index in [1.807, 2.05) is 49.4 Å². The van der Waals surface area contributed by atoms with Crippen LogP contribution in [0.3, 0.4) is 0 Å². The Kier molecular flexibility index (Phi) is 7.04. The van der Waals surface area contributed by atoms with Crippen molar-refractivity contribution in [2.75, 3.05) is 19.1 Å². The molecule has 0 radical (unpaired) electrons. The van der Waals surface area contributed by atoms with E-state index in [9.17, 15) is 14.7 Å². The number of thiocarbonyl (C=S) groups is 1. The van der Waals surface area contributed by atoms with Crippen LogP contribution in [0.5, 0.6) is 17.2 Å². The van der Waals surface area contributed by atoms with Crippen LogP contribution >= 0.6 is 12.2 Å². The van der Waals surface area contributed by atoms with E-state index in [1.165, 1.54) is 29.1 Å². The number of rotatable bonds is 6. The predicted molar refractivity (Wildman–Crippen MR) is 155 cm³/mol. The van der Waals surface area contributed by atoms with Gasteiger partial charge in [-0.05, 0) is 83.5 Å². The minimum atomic E-state index is -0.563. The van der Waals surface area contributed by atoms with E-state index in [0.717, 1.165) is 16.3 Å². The second kappa shape index (κ2) is 10.6. The lowest BCUT2D eigenvalue weighted by Gasteiger charge is -2.40. The van der Waals surface area contributed by atoms with Crippen LogP contribution in [0.2, 0.25) is 0 Å². The maximum absolute atomic E-state index is 14.0. The molecule has 0 saturated carbocycles. The van der Waals surface area contributed by atoms with E-state index in [-0.39, 0.29) is 22.2 Å². The molecule has 2 amide bonds. The van der Waals surface area contributed by atoms with Crippen molar-refractivity contribution < 1.29 is 24.2 Å². The van der Waals surface area contributed by atoms with Crippen molar-refractivity contribution in [2.24, 2.45) is 0 Å². The van der Waals surface area contributed by atoms with Crippen LogP contribution in [-0.4, -0.2) is 41.2 Å². The highest BCUT2D eigenvalue weighted by molar-refractivity contribution is 7.80. The number of carbonyl (C=O) groups is 2. The first-order valence-electron chi connectivity index (χ1n) is 12.3. The lowest BCUT2D eigenvalue weighted by atomic mass is 9.97. The van der Waals surface area contributed by atoms with Gasteiger partial charge in [0.15, 0.2) is 16.6 Å². The Morgan fingerprint density at radius 3 is 2.28 bits per heavy atom. The van der Waals surface area contributed by atoms with Gasteiger partial charge in [-0.1, -0.05) is 48.5 Å². The quantitative estimate of drug-likeness (QED) is 0.188. The van der Waals surface area contributed by atoms with E-state index in [0.29, 0.717) is 17.0 Å². The molecule has 1 atom stereocenters. The number of amides is 2. The highest BCUT2D eigenvalue weighted by atomic mass is 32.1. The summed E-state index contributed by atoms with van der Waals surface area (Å²) in [5, 5.41) is 12.4. The number of carbonyl (C=O) groups excluding carboxylic acids is 2. The second-order valence-corrected chi connectivity index (χ2v) is 9.40. The van der Waals surface area contributed by atoms with Crippen molar-refractivity contribution in [1.29, 1.82) is 0 Å². The fourth-order valence-electron chi connectivity index (χ4n) is 4.76. The number of phenols is 1. The van der Waals surface area contributed by atoms with E-state index in [2.05, 4.69) is 0 Å². The van der Waals surface area contributed by atoms with Crippen molar-refractivity contribution in [3.05, 3.63) is 102 Å². The van der Waals surface area contributed by atoms with Crippen molar-refractivity contribution >= 4 is 51.7 Å². The van der Waals surface area contributed by atoms with Gasteiger partial charge in [0.25, 0.3) is 11.8 Å². The van der Waals surface area contributed by atoms with Crippen LogP contribution in [0.15, 0.2) is 90.5 Å². The molecule has 1 saturated heterocycles. The Balaban J connectivity index is 1.65. The third kappa shape index (κ3) is 4.70. The molecule has 8 heteroatoms. The molecule has 1 aliphatic rings. The summed E-state index contributed by atoms with van der Waals surface area (Å²) in [6.45, 7) is 1.89. The molecular weight excluding hydrogens is 512 g/mol. The number of hydrogen-bond donors (Lipinski definition) is 1. The Morgan fingerprint density at radius 2 is 1.59 bits per heavy atom. The first kappa shape index (κ1) is 25.9. The molecule has 39 heavy (non-hydrogen) atoms. The molecule has 4 aromatic carbocycles. The van der Waals surface area contributed by atoms with Crippen LogP contribution in [0.25, 0.3) is 16.8 Å². The number of hydrogen-bond acceptors (Lipinski definition) is 6. The standard InChI is InChI=1S/C31H26N2O5S/c1-19(24-10-6-8-21-7-4-5-9-25(21)24)32-29(35)26(17-20-11-16-28(38-3)27(34)18-20)30(36)33(31(32)39)22-12-14-23(37-2)15-13-22/h4-19,34H,1-3H3/b26-17-. The van der Waals surface area contributed by atoms with E-state index < -0.39 is 17.9 Å². The number of fused-ring (bicyclic) bond motifs is 1. The van der Waals surface area contributed by atoms with Gasteiger partial charge in [0.2, 0.25) is 0 Å². The third-order valence-corrected chi connectivity index (χ3v) is 7.16. The summed E-state index contributed by atoms with van der Waals surface area (Å²) in [5.41, 5.74) is 1.77. The Bertz CT molecular complexity index is 1620. The third-order valence-electron chi connectivity index (χ3n) is 6.79. The summed E-state index contributed by atoms with van der Waals surface area (Å²) in [7, 11) is 3.00. The number of ether oxygens (including phenoxy) is 2. The van der Waals surface area contributed by atoms with Gasteiger partial charge in [0.1, 0.15) is 11.3 Å². The molecule has 1 N–H and O–H groups in total. The lowest BCUT2D eigenvalue weighted by Crippen LogP contribution is -2.57. The Hall–Kier alpha value is -4.69. The topological polar surface area (TPSA) is 79.3 Å². The highest BCUT2D eigenvalue weighted by Crippen LogP contribution is 2.36. The number of anilines is 1. The van der Waals surface area contributed by atoms with Crippen LogP contribution in [0, 0.1) is 0 Å². The zero-order valence-corrected chi connectivity index (χ0v) is 22.4. The molecule has 0 spiro atoms. The summed E-state index contributed by atoms with van der Waals surface area (Å²) in [4.78, 5) is 30.7.